The largest absolute Gasteiger partial charge is 0.418 e. The van der Waals surface area contributed by atoms with E-state index in [0.29, 0.717) is 11.2 Å². The molecule has 1 fully saturated rings. The molecular weight excluding hydrogens is 255 g/mol. The van der Waals surface area contributed by atoms with E-state index in [9.17, 15) is 13.2 Å². The Balaban J connectivity index is 2.14. The third-order valence-electron chi connectivity index (χ3n) is 3.36. The molecule has 2 heterocycles. The van der Waals surface area contributed by atoms with Gasteiger partial charge < -0.3 is 5.32 Å². The van der Waals surface area contributed by atoms with Crippen LogP contribution in [0.3, 0.4) is 0 Å². The maximum atomic E-state index is 13.0. The average Bonchev–Trinajstić information content (AvgIpc) is 2.90. The van der Waals surface area contributed by atoms with Gasteiger partial charge in [0.1, 0.15) is 5.82 Å². The Hall–Kier alpha value is -1.69. The van der Waals surface area contributed by atoms with E-state index in [2.05, 4.69) is 15.3 Å². The molecule has 0 radical (unpaired) electrons. The van der Waals surface area contributed by atoms with Gasteiger partial charge in [0.2, 0.25) is 0 Å². The molecule has 3 rings (SSSR count). The number of halogens is 3. The number of hydrogen-bond donors (Lipinski definition) is 1. The third kappa shape index (κ3) is 2.28. The lowest BCUT2D eigenvalue weighted by Gasteiger charge is -2.12. The van der Waals surface area contributed by atoms with E-state index in [-0.39, 0.29) is 11.4 Å². The number of aromatic nitrogens is 2. The van der Waals surface area contributed by atoms with Crippen molar-refractivity contribution < 1.29 is 13.2 Å². The number of para-hydroxylation sites is 1. The van der Waals surface area contributed by atoms with Gasteiger partial charge in [-0.2, -0.15) is 13.2 Å². The molecule has 2 aromatic rings. The Bertz CT molecular complexity index is 604. The molecule has 1 saturated heterocycles. The second-order valence-electron chi connectivity index (χ2n) is 4.66. The first kappa shape index (κ1) is 12.3. The Morgan fingerprint density at radius 2 is 2.11 bits per heavy atom. The summed E-state index contributed by atoms with van der Waals surface area (Å²) in [5.74, 6) is 0.597. The van der Waals surface area contributed by atoms with Crippen LogP contribution in [0.1, 0.15) is 23.7 Å². The van der Waals surface area contributed by atoms with Crippen LogP contribution in [0.15, 0.2) is 24.4 Å². The zero-order valence-electron chi connectivity index (χ0n) is 10.0. The highest BCUT2D eigenvalue weighted by molar-refractivity contribution is 5.81. The van der Waals surface area contributed by atoms with Crippen molar-refractivity contribution in [3.8, 4) is 0 Å². The van der Waals surface area contributed by atoms with Crippen LogP contribution in [0.5, 0.6) is 0 Å². The van der Waals surface area contributed by atoms with Gasteiger partial charge in [-0.05, 0) is 19.0 Å². The number of rotatable bonds is 1. The van der Waals surface area contributed by atoms with Crippen LogP contribution in [0.2, 0.25) is 0 Å². The first-order chi connectivity index (χ1) is 9.05. The minimum absolute atomic E-state index is 0.00750. The van der Waals surface area contributed by atoms with Crippen LogP contribution in [0.4, 0.5) is 13.2 Å². The van der Waals surface area contributed by atoms with Crippen molar-refractivity contribution in [2.45, 2.75) is 18.5 Å². The molecule has 100 valence electrons. The second kappa shape index (κ2) is 4.45. The predicted molar refractivity (Wildman–Crippen MR) is 64.8 cm³/mol. The van der Waals surface area contributed by atoms with Crippen molar-refractivity contribution in [1.82, 2.24) is 15.3 Å². The van der Waals surface area contributed by atoms with E-state index < -0.39 is 11.7 Å². The SMILES string of the molecule is FC(F)(F)c1cccc2cnc(C3CCNC3)nc12. The molecule has 19 heavy (non-hydrogen) atoms. The highest BCUT2D eigenvalue weighted by Crippen LogP contribution is 2.34. The van der Waals surface area contributed by atoms with Gasteiger partial charge in [-0.25, -0.2) is 9.97 Å². The topological polar surface area (TPSA) is 37.8 Å². The number of fused-ring (bicyclic) bond motifs is 1. The summed E-state index contributed by atoms with van der Waals surface area (Å²) in [7, 11) is 0. The molecular formula is C13H12F3N3. The van der Waals surface area contributed by atoms with Gasteiger partial charge >= 0.3 is 6.18 Å². The highest BCUT2D eigenvalue weighted by atomic mass is 19.4. The Kier molecular flexibility index (Phi) is 2.89. The van der Waals surface area contributed by atoms with Crippen LogP contribution in [-0.4, -0.2) is 23.1 Å². The fourth-order valence-corrected chi connectivity index (χ4v) is 2.37. The van der Waals surface area contributed by atoms with Crippen molar-refractivity contribution in [3.63, 3.8) is 0 Å². The Labute approximate surface area is 107 Å². The summed E-state index contributed by atoms with van der Waals surface area (Å²) in [6.07, 6.45) is -2.05. The number of nitrogens with one attached hydrogen (secondary N) is 1. The van der Waals surface area contributed by atoms with Gasteiger partial charge in [0.25, 0.3) is 0 Å². The zero-order chi connectivity index (χ0) is 13.5. The van der Waals surface area contributed by atoms with Crippen molar-refractivity contribution in [2.24, 2.45) is 0 Å². The van der Waals surface area contributed by atoms with E-state index in [1.54, 1.807) is 6.07 Å². The number of hydrogen-bond acceptors (Lipinski definition) is 3. The summed E-state index contributed by atoms with van der Waals surface area (Å²) in [4.78, 5) is 8.35. The summed E-state index contributed by atoms with van der Waals surface area (Å²) in [6.45, 7) is 1.58. The number of alkyl halides is 3. The molecule has 1 aliphatic rings. The second-order valence-corrected chi connectivity index (χ2v) is 4.66. The van der Waals surface area contributed by atoms with E-state index >= 15 is 0 Å². The molecule has 1 aromatic heterocycles. The van der Waals surface area contributed by atoms with Crippen LogP contribution in [0.25, 0.3) is 10.9 Å². The Morgan fingerprint density at radius 3 is 2.79 bits per heavy atom. The van der Waals surface area contributed by atoms with Crippen molar-refractivity contribution in [1.29, 1.82) is 0 Å². The molecule has 1 N–H and O–H groups in total. The zero-order valence-corrected chi connectivity index (χ0v) is 10.0. The lowest BCUT2D eigenvalue weighted by molar-refractivity contribution is -0.136. The number of benzene rings is 1. The molecule has 0 spiro atoms. The summed E-state index contributed by atoms with van der Waals surface area (Å²) in [6, 6.07) is 4.04. The van der Waals surface area contributed by atoms with E-state index in [4.69, 9.17) is 0 Å². The highest BCUT2D eigenvalue weighted by Gasteiger charge is 2.33. The van der Waals surface area contributed by atoms with Gasteiger partial charge in [-0.1, -0.05) is 12.1 Å². The Morgan fingerprint density at radius 1 is 1.26 bits per heavy atom. The van der Waals surface area contributed by atoms with Crippen molar-refractivity contribution >= 4 is 10.9 Å². The summed E-state index contributed by atoms with van der Waals surface area (Å²) < 4.78 is 38.9. The molecule has 1 aliphatic heterocycles. The van der Waals surface area contributed by atoms with E-state index in [1.807, 2.05) is 0 Å². The molecule has 1 aromatic carbocycles. The minimum Gasteiger partial charge on any atom is -0.316 e. The lowest BCUT2D eigenvalue weighted by Crippen LogP contribution is -2.12. The fourth-order valence-electron chi connectivity index (χ4n) is 2.37. The maximum Gasteiger partial charge on any atom is 0.418 e. The van der Waals surface area contributed by atoms with Gasteiger partial charge in [0.05, 0.1) is 11.1 Å². The monoisotopic (exact) mass is 267 g/mol. The first-order valence-electron chi connectivity index (χ1n) is 6.09. The molecule has 0 amide bonds. The van der Waals surface area contributed by atoms with Crippen LogP contribution >= 0.6 is 0 Å². The average molecular weight is 267 g/mol. The lowest BCUT2D eigenvalue weighted by atomic mass is 10.1. The van der Waals surface area contributed by atoms with Gasteiger partial charge in [-0.3, -0.25) is 0 Å². The van der Waals surface area contributed by atoms with Gasteiger partial charge in [-0.15, -0.1) is 0 Å². The van der Waals surface area contributed by atoms with Gasteiger partial charge in [0, 0.05) is 24.0 Å². The number of nitrogens with zero attached hydrogens (tertiary/aromatic N) is 2. The molecule has 0 bridgehead atoms. The van der Waals surface area contributed by atoms with Crippen molar-refractivity contribution in [2.75, 3.05) is 13.1 Å². The molecule has 6 heteroatoms. The molecule has 0 saturated carbocycles. The first-order valence-corrected chi connectivity index (χ1v) is 6.09. The predicted octanol–water partition coefficient (Wildman–Crippen LogP) is 2.73. The summed E-state index contributed by atoms with van der Waals surface area (Å²) in [5, 5.41) is 3.58. The molecule has 1 atom stereocenters. The molecule has 3 nitrogen and oxygen atoms in total. The third-order valence-corrected chi connectivity index (χ3v) is 3.36. The maximum absolute atomic E-state index is 13.0. The standard InChI is InChI=1S/C13H12F3N3/c14-13(15,16)10-3-1-2-8-7-18-12(19-11(8)10)9-4-5-17-6-9/h1-3,7,9,17H,4-6H2. The van der Waals surface area contributed by atoms with E-state index in [0.717, 1.165) is 25.6 Å². The summed E-state index contributed by atoms with van der Waals surface area (Å²) >= 11 is 0. The minimum atomic E-state index is -4.39. The summed E-state index contributed by atoms with van der Waals surface area (Å²) in [5.41, 5.74) is -0.702. The molecule has 1 unspecified atom stereocenters. The normalized spacial score (nSPS) is 20.1. The van der Waals surface area contributed by atoms with Crippen molar-refractivity contribution in [3.05, 3.63) is 35.8 Å². The van der Waals surface area contributed by atoms with Crippen LogP contribution in [0, 0.1) is 0 Å². The van der Waals surface area contributed by atoms with Gasteiger partial charge in [0.15, 0.2) is 0 Å². The van der Waals surface area contributed by atoms with E-state index in [1.165, 1.54) is 12.3 Å². The van der Waals surface area contributed by atoms with Crippen LogP contribution in [-0.2, 0) is 6.18 Å². The smallest absolute Gasteiger partial charge is 0.316 e. The molecule has 0 aliphatic carbocycles. The fraction of sp³-hybridized carbons (Fsp3) is 0.385. The quantitative estimate of drug-likeness (QED) is 0.863. The van der Waals surface area contributed by atoms with Crippen LogP contribution < -0.4 is 5.32 Å².